The van der Waals surface area contributed by atoms with Crippen molar-refractivity contribution < 1.29 is 12.8 Å². The van der Waals surface area contributed by atoms with Crippen molar-refractivity contribution in [1.82, 2.24) is 10.0 Å². The molecule has 0 aliphatic heterocycles. The maximum Gasteiger partial charge on any atom is 0.244 e. The van der Waals surface area contributed by atoms with Gasteiger partial charge in [0.05, 0.1) is 6.54 Å². The van der Waals surface area contributed by atoms with Crippen molar-refractivity contribution in [2.24, 2.45) is 0 Å². The number of nitrogens with one attached hydrogen (secondary N) is 2. The van der Waals surface area contributed by atoms with Crippen LogP contribution in [0.3, 0.4) is 0 Å². The van der Waals surface area contributed by atoms with Crippen LogP contribution in [0.15, 0.2) is 15.4 Å². The van der Waals surface area contributed by atoms with Crippen molar-refractivity contribution in [1.29, 1.82) is 0 Å². The highest BCUT2D eigenvalue weighted by Gasteiger charge is 2.34. The summed E-state index contributed by atoms with van der Waals surface area (Å²) in [7, 11) is -3.52. The summed E-state index contributed by atoms with van der Waals surface area (Å²) >= 11 is 0. The van der Waals surface area contributed by atoms with Crippen LogP contribution < -0.4 is 10.0 Å². The molecule has 1 aliphatic carbocycles. The molecule has 0 saturated heterocycles. The van der Waals surface area contributed by atoms with Crippen LogP contribution in [0.5, 0.6) is 0 Å². The Morgan fingerprint density at radius 2 is 1.95 bits per heavy atom. The second-order valence-corrected chi connectivity index (χ2v) is 8.19. The molecule has 1 aliphatic rings. The molecule has 1 fully saturated rings. The molecule has 0 bridgehead atoms. The molecule has 0 aromatic carbocycles. The van der Waals surface area contributed by atoms with Gasteiger partial charge in [-0.3, -0.25) is 0 Å². The number of sulfonamides is 1. The SMILES string of the molecule is Cc1oc(CNC(C)C)cc1S(=O)(=O)NC1(C)CCCC1. The largest absolute Gasteiger partial charge is 0.464 e. The Kier molecular flexibility index (Phi) is 4.80. The predicted octanol–water partition coefficient (Wildman–Crippen LogP) is 2.70. The van der Waals surface area contributed by atoms with Crippen LogP contribution in [0.25, 0.3) is 0 Å². The van der Waals surface area contributed by atoms with E-state index in [1.807, 2.05) is 20.8 Å². The molecule has 0 spiro atoms. The quantitative estimate of drug-likeness (QED) is 0.847. The minimum Gasteiger partial charge on any atom is -0.464 e. The molecule has 5 nitrogen and oxygen atoms in total. The van der Waals surface area contributed by atoms with Crippen LogP contribution in [0.2, 0.25) is 0 Å². The highest BCUT2D eigenvalue weighted by Crippen LogP contribution is 2.31. The highest BCUT2D eigenvalue weighted by molar-refractivity contribution is 7.89. The highest BCUT2D eigenvalue weighted by atomic mass is 32.2. The molecule has 0 unspecified atom stereocenters. The predicted molar refractivity (Wildman–Crippen MR) is 82.6 cm³/mol. The van der Waals surface area contributed by atoms with E-state index in [4.69, 9.17) is 4.42 Å². The first-order valence-corrected chi connectivity index (χ1v) is 9.07. The van der Waals surface area contributed by atoms with Crippen molar-refractivity contribution in [2.75, 3.05) is 0 Å². The van der Waals surface area contributed by atoms with E-state index in [-0.39, 0.29) is 10.4 Å². The summed E-state index contributed by atoms with van der Waals surface area (Å²) in [5.41, 5.74) is -0.321. The van der Waals surface area contributed by atoms with Crippen LogP contribution in [0.4, 0.5) is 0 Å². The van der Waals surface area contributed by atoms with Crippen LogP contribution in [-0.4, -0.2) is 20.0 Å². The van der Waals surface area contributed by atoms with E-state index in [1.54, 1.807) is 13.0 Å². The lowest BCUT2D eigenvalue weighted by atomic mass is 10.0. The number of furan rings is 1. The summed E-state index contributed by atoms with van der Waals surface area (Å²) in [6, 6.07) is 1.96. The van der Waals surface area contributed by atoms with Crippen molar-refractivity contribution in [3.8, 4) is 0 Å². The van der Waals surface area contributed by atoms with Gasteiger partial charge < -0.3 is 9.73 Å². The van der Waals surface area contributed by atoms with Gasteiger partial charge in [0.15, 0.2) is 0 Å². The van der Waals surface area contributed by atoms with Gasteiger partial charge in [0.25, 0.3) is 0 Å². The second-order valence-electron chi connectivity index (χ2n) is 6.54. The minimum absolute atomic E-state index is 0.260. The lowest BCUT2D eigenvalue weighted by Crippen LogP contribution is -2.43. The third-order valence-corrected chi connectivity index (χ3v) is 5.73. The molecule has 6 heteroatoms. The molecule has 1 heterocycles. The Balaban J connectivity index is 2.16. The Labute approximate surface area is 127 Å². The first-order chi connectivity index (χ1) is 9.72. The Morgan fingerprint density at radius 1 is 1.33 bits per heavy atom. The summed E-state index contributed by atoms with van der Waals surface area (Å²) in [6.07, 6.45) is 3.94. The van der Waals surface area contributed by atoms with Crippen molar-refractivity contribution >= 4 is 10.0 Å². The normalized spacial score (nSPS) is 18.5. The van der Waals surface area contributed by atoms with E-state index in [9.17, 15) is 8.42 Å². The smallest absolute Gasteiger partial charge is 0.244 e. The third kappa shape index (κ3) is 4.08. The van der Waals surface area contributed by atoms with Gasteiger partial charge in [0, 0.05) is 17.6 Å². The molecule has 0 radical (unpaired) electrons. The average Bonchev–Trinajstić information content (AvgIpc) is 2.92. The zero-order valence-corrected chi connectivity index (χ0v) is 14.1. The van der Waals surface area contributed by atoms with E-state index < -0.39 is 10.0 Å². The fraction of sp³-hybridized carbons (Fsp3) is 0.733. The monoisotopic (exact) mass is 314 g/mol. The topological polar surface area (TPSA) is 71.3 Å². The van der Waals surface area contributed by atoms with Crippen LogP contribution in [0, 0.1) is 6.92 Å². The molecule has 21 heavy (non-hydrogen) atoms. The van der Waals surface area contributed by atoms with Gasteiger partial charge in [0.1, 0.15) is 16.4 Å². The number of hydrogen-bond acceptors (Lipinski definition) is 4. The van der Waals surface area contributed by atoms with Crippen molar-refractivity contribution in [2.45, 2.75) is 76.4 Å². The molecule has 120 valence electrons. The molecule has 0 amide bonds. The summed E-state index contributed by atoms with van der Waals surface area (Å²) in [6.45, 7) is 8.29. The van der Waals surface area contributed by atoms with E-state index in [0.29, 0.717) is 24.1 Å². The first kappa shape index (κ1) is 16.5. The van der Waals surface area contributed by atoms with Gasteiger partial charge in [-0.15, -0.1) is 0 Å². The Morgan fingerprint density at radius 3 is 2.52 bits per heavy atom. The van der Waals surface area contributed by atoms with E-state index >= 15 is 0 Å². The van der Waals surface area contributed by atoms with Crippen LogP contribution >= 0.6 is 0 Å². The van der Waals surface area contributed by atoms with Gasteiger partial charge in [-0.25, -0.2) is 13.1 Å². The molecular formula is C15H26N2O3S. The van der Waals surface area contributed by atoms with Gasteiger partial charge in [-0.1, -0.05) is 26.7 Å². The first-order valence-electron chi connectivity index (χ1n) is 7.58. The fourth-order valence-corrected chi connectivity index (χ4v) is 4.49. The lowest BCUT2D eigenvalue weighted by molar-refractivity contribution is 0.424. The maximum atomic E-state index is 12.6. The van der Waals surface area contributed by atoms with Gasteiger partial charge in [0.2, 0.25) is 10.0 Å². The molecule has 2 N–H and O–H groups in total. The van der Waals surface area contributed by atoms with Crippen molar-refractivity contribution in [3.63, 3.8) is 0 Å². The zero-order valence-electron chi connectivity index (χ0n) is 13.3. The van der Waals surface area contributed by atoms with Crippen molar-refractivity contribution in [3.05, 3.63) is 17.6 Å². The molecule has 1 aromatic rings. The Hall–Kier alpha value is -0.850. The van der Waals surface area contributed by atoms with Crippen LogP contribution in [0.1, 0.15) is 58.0 Å². The van der Waals surface area contributed by atoms with E-state index in [2.05, 4.69) is 10.0 Å². The van der Waals surface area contributed by atoms with E-state index in [1.165, 1.54) is 0 Å². The zero-order chi connectivity index (χ0) is 15.7. The van der Waals surface area contributed by atoms with Gasteiger partial charge in [-0.05, 0) is 26.7 Å². The average molecular weight is 314 g/mol. The van der Waals surface area contributed by atoms with Gasteiger partial charge in [-0.2, -0.15) is 0 Å². The molecule has 2 rings (SSSR count). The molecule has 1 saturated carbocycles. The lowest BCUT2D eigenvalue weighted by Gasteiger charge is -2.24. The maximum absolute atomic E-state index is 12.6. The summed E-state index contributed by atoms with van der Waals surface area (Å²) in [4.78, 5) is 0.260. The molecule has 0 atom stereocenters. The summed E-state index contributed by atoms with van der Waals surface area (Å²) in [5.74, 6) is 1.10. The fourth-order valence-electron chi connectivity index (χ4n) is 2.82. The minimum atomic E-state index is -3.52. The summed E-state index contributed by atoms with van der Waals surface area (Å²) < 4.78 is 33.6. The molecule has 1 aromatic heterocycles. The second kappa shape index (κ2) is 6.10. The van der Waals surface area contributed by atoms with Crippen LogP contribution in [-0.2, 0) is 16.6 Å². The number of rotatable bonds is 6. The third-order valence-electron chi connectivity index (χ3n) is 3.99. The van der Waals surface area contributed by atoms with Gasteiger partial charge >= 0.3 is 0 Å². The standard InChI is InChI=1S/C15H26N2O3S/c1-11(2)16-10-13-9-14(12(3)20-13)21(18,19)17-15(4)7-5-6-8-15/h9,11,16-17H,5-8,10H2,1-4H3. The summed E-state index contributed by atoms with van der Waals surface area (Å²) in [5, 5.41) is 3.23. The van der Waals surface area contributed by atoms with E-state index in [0.717, 1.165) is 25.7 Å². The Bertz CT molecular complexity index is 584. The number of hydrogen-bond donors (Lipinski definition) is 2. The molecular weight excluding hydrogens is 288 g/mol. The number of aryl methyl sites for hydroxylation is 1.